The summed E-state index contributed by atoms with van der Waals surface area (Å²) in [6.45, 7) is 0.161. The highest BCUT2D eigenvalue weighted by Crippen LogP contribution is 2.04. The minimum atomic E-state index is 0.161. The first-order valence-electron chi connectivity index (χ1n) is 4.74. The van der Waals surface area contributed by atoms with Crippen LogP contribution in [0.1, 0.15) is 24.0 Å². The molecule has 0 radical (unpaired) electrons. The summed E-state index contributed by atoms with van der Waals surface area (Å²) < 4.78 is 0. The van der Waals surface area contributed by atoms with Crippen LogP contribution in [0.15, 0.2) is 29.4 Å². The standard InChI is InChI=1S/C12H13NO2/c14-9-5-1-2-6-11-7-3-4-8-12(11)10-13-15/h3-4,7-8,10,14-15H,1,5,9H2. The van der Waals surface area contributed by atoms with Gasteiger partial charge in [-0.1, -0.05) is 35.2 Å². The van der Waals surface area contributed by atoms with Crippen molar-refractivity contribution in [3.05, 3.63) is 35.4 Å². The summed E-state index contributed by atoms with van der Waals surface area (Å²) in [5, 5.41) is 20.0. The predicted octanol–water partition coefficient (Wildman–Crippen LogP) is 1.62. The van der Waals surface area contributed by atoms with Gasteiger partial charge in [-0.2, -0.15) is 0 Å². The number of benzene rings is 1. The Bertz CT molecular complexity index is 388. The van der Waals surface area contributed by atoms with Gasteiger partial charge in [0.15, 0.2) is 0 Å². The fourth-order valence-corrected chi connectivity index (χ4v) is 1.11. The van der Waals surface area contributed by atoms with Crippen LogP contribution < -0.4 is 0 Å². The minimum absolute atomic E-state index is 0.161. The van der Waals surface area contributed by atoms with Crippen molar-refractivity contribution in [2.24, 2.45) is 5.16 Å². The molecule has 0 atom stereocenters. The van der Waals surface area contributed by atoms with Crippen molar-refractivity contribution in [3.8, 4) is 11.8 Å². The Labute approximate surface area is 89.1 Å². The topological polar surface area (TPSA) is 52.8 Å². The summed E-state index contributed by atoms with van der Waals surface area (Å²) >= 11 is 0. The van der Waals surface area contributed by atoms with Gasteiger partial charge >= 0.3 is 0 Å². The molecule has 0 saturated carbocycles. The largest absolute Gasteiger partial charge is 0.411 e. The zero-order chi connectivity index (χ0) is 10.9. The second-order valence-electron chi connectivity index (χ2n) is 2.96. The molecule has 0 unspecified atom stereocenters. The molecular formula is C12H13NO2. The first-order chi connectivity index (χ1) is 7.38. The summed E-state index contributed by atoms with van der Waals surface area (Å²) in [6.07, 6.45) is 2.71. The number of nitrogens with zero attached hydrogens (tertiary/aromatic N) is 1. The highest BCUT2D eigenvalue weighted by Gasteiger charge is 1.94. The molecule has 0 aromatic heterocycles. The summed E-state index contributed by atoms with van der Waals surface area (Å²) in [4.78, 5) is 0. The molecule has 3 heteroatoms. The van der Waals surface area contributed by atoms with E-state index in [1.54, 1.807) is 0 Å². The molecule has 1 aromatic rings. The Hall–Kier alpha value is -1.79. The van der Waals surface area contributed by atoms with Gasteiger partial charge in [0, 0.05) is 24.2 Å². The molecule has 0 spiro atoms. The fraction of sp³-hybridized carbons (Fsp3) is 0.250. The zero-order valence-corrected chi connectivity index (χ0v) is 8.35. The van der Waals surface area contributed by atoms with E-state index in [0.29, 0.717) is 12.8 Å². The molecule has 1 rings (SSSR count). The van der Waals surface area contributed by atoms with Crippen LogP contribution in [-0.2, 0) is 0 Å². The summed E-state index contributed by atoms with van der Waals surface area (Å²) in [5.74, 6) is 5.92. The van der Waals surface area contributed by atoms with E-state index in [1.165, 1.54) is 6.21 Å². The summed E-state index contributed by atoms with van der Waals surface area (Å²) in [6, 6.07) is 7.43. The number of hydrogen-bond donors (Lipinski definition) is 2. The van der Waals surface area contributed by atoms with Gasteiger partial charge in [0.1, 0.15) is 0 Å². The van der Waals surface area contributed by atoms with Crippen molar-refractivity contribution in [2.45, 2.75) is 12.8 Å². The Kier molecular flexibility index (Phi) is 4.99. The molecule has 1 aromatic carbocycles. The first-order valence-corrected chi connectivity index (χ1v) is 4.74. The van der Waals surface area contributed by atoms with Crippen molar-refractivity contribution >= 4 is 6.21 Å². The van der Waals surface area contributed by atoms with Crippen molar-refractivity contribution in [1.29, 1.82) is 0 Å². The number of oxime groups is 1. The van der Waals surface area contributed by atoms with E-state index in [0.717, 1.165) is 11.1 Å². The van der Waals surface area contributed by atoms with E-state index in [1.807, 2.05) is 24.3 Å². The Morgan fingerprint density at radius 3 is 2.87 bits per heavy atom. The Morgan fingerprint density at radius 1 is 1.33 bits per heavy atom. The number of unbranched alkanes of at least 4 members (excludes halogenated alkanes) is 1. The molecule has 15 heavy (non-hydrogen) atoms. The average molecular weight is 203 g/mol. The first kappa shape index (κ1) is 11.3. The predicted molar refractivity (Wildman–Crippen MR) is 59.0 cm³/mol. The van der Waals surface area contributed by atoms with Crippen molar-refractivity contribution in [2.75, 3.05) is 6.61 Å². The number of aliphatic hydroxyl groups excluding tert-OH is 1. The average Bonchev–Trinajstić information content (AvgIpc) is 2.27. The van der Waals surface area contributed by atoms with E-state index in [4.69, 9.17) is 10.3 Å². The molecule has 2 N–H and O–H groups in total. The molecule has 3 nitrogen and oxygen atoms in total. The van der Waals surface area contributed by atoms with Crippen LogP contribution in [-0.4, -0.2) is 23.1 Å². The molecule has 0 bridgehead atoms. The lowest BCUT2D eigenvalue weighted by Crippen LogP contribution is -1.87. The molecule has 0 amide bonds. The van der Waals surface area contributed by atoms with Gasteiger partial charge in [-0.15, -0.1) is 0 Å². The molecule has 0 heterocycles. The third-order valence-corrected chi connectivity index (χ3v) is 1.84. The van der Waals surface area contributed by atoms with Gasteiger partial charge in [-0.3, -0.25) is 0 Å². The highest BCUT2D eigenvalue weighted by molar-refractivity contribution is 5.82. The van der Waals surface area contributed by atoms with E-state index in [-0.39, 0.29) is 6.61 Å². The zero-order valence-electron chi connectivity index (χ0n) is 8.35. The summed E-state index contributed by atoms with van der Waals surface area (Å²) in [5.41, 5.74) is 1.62. The lowest BCUT2D eigenvalue weighted by molar-refractivity contribution is 0.290. The lowest BCUT2D eigenvalue weighted by atomic mass is 10.1. The third-order valence-electron chi connectivity index (χ3n) is 1.84. The lowest BCUT2D eigenvalue weighted by Gasteiger charge is -1.95. The maximum Gasteiger partial charge on any atom is 0.0746 e. The van der Waals surface area contributed by atoms with E-state index in [9.17, 15) is 0 Å². The SMILES string of the molecule is OCCCC#Cc1ccccc1C=NO. The minimum Gasteiger partial charge on any atom is -0.411 e. The molecular weight excluding hydrogens is 190 g/mol. The molecule has 0 aliphatic carbocycles. The van der Waals surface area contributed by atoms with Crippen LogP contribution in [0, 0.1) is 11.8 Å². The normalized spacial score (nSPS) is 9.93. The van der Waals surface area contributed by atoms with Crippen molar-refractivity contribution in [1.82, 2.24) is 0 Å². The van der Waals surface area contributed by atoms with Crippen LogP contribution >= 0.6 is 0 Å². The molecule has 0 aliphatic rings. The van der Waals surface area contributed by atoms with E-state index < -0.39 is 0 Å². The quantitative estimate of drug-likeness (QED) is 0.258. The van der Waals surface area contributed by atoms with Crippen LogP contribution in [0.5, 0.6) is 0 Å². The third kappa shape index (κ3) is 3.84. The van der Waals surface area contributed by atoms with Gasteiger partial charge in [-0.25, -0.2) is 0 Å². The van der Waals surface area contributed by atoms with Gasteiger partial charge in [0.25, 0.3) is 0 Å². The van der Waals surface area contributed by atoms with Gasteiger partial charge in [-0.05, 0) is 12.5 Å². The maximum absolute atomic E-state index is 8.58. The number of hydrogen-bond acceptors (Lipinski definition) is 3. The van der Waals surface area contributed by atoms with Crippen LogP contribution in [0.2, 0.25) is 0 Å². The highest BCUT2D eigenvalue weighted by atomic mass is 16.4. The Morgan fingerprint density at radius 2 is 2.13 bits per heavy atom. The number of rotatable bonds is 3. The second kappa shape index (κ2) is 6.63. The molecule has 0 saturated heterocycles. The number of aliphatic hydroxyl groups is 1. The van der Waals surface area contributed by atoms with Crippen molar-refractivity contribution in [3.63, 3.8) is 0 Å². The monoisotopic (exact) mass is 203 g/mol. The summed E-state index contributed by atoms with van der Waals surface area (Å²) in [7, 11) is 0. The second-order valence-corrected chi connectivity index (χ2v) is 2.96. The maximum atomic E-state index is 8.58. The molecule has 0 aliphatic heterocycles. The van der Waals surface area contributed by atoms with Gasteiger partial charge in [0.2, 0.25) is 0 Å². The van der Waals surface area contributed by atoms with E-state index in [2.05, 4.69) is 17.0 Å². The van der Waals surface area contributed by atoms with Crippen LogP contribution in [0.25, 0.3) is 0 Å². The van der Waals surface area contributed by atoms with Crippen molar-refractivity contribution < 1.29 is 10.3 Å². The molecule has 78 valence electrons. The smallest absolute Gasteiger partial charge is 0.0746 e. The molecule has 0 fully saturated rings. The fourth-order valence-electron chi connectivity index (χ4n) is 1.11. The van der Waals surface area contributed by atoms with Crippen LogP contribution in [0.3, 0.4) is 0 Å². The van der Waals surface area contributed by atoms with Gasteiger partial charge in [0.05, 0.1) is 6.21 Å². The van der Waals surface area contributed by atoms with Crippen LogP contribution in [0.4, 0.5) is 0 Å². The Balaban J connectivity index is 2.77. The van der Waals surface area contributed by atoms with Gasteiger partial charge < -0.3 is 10.3 Å². The van der Waals surface area contributed by atoms with E-state index >= 15 is 0 Å².